The van der Waals surface area contributed by atoms with E-state index < -0.39 is 28.5 Å². The average molecular weight is 667 g/mol. The number of benzene rings is 4. The van der Waals surface area contributed by atoms with Gasteiger partial charge in [0, 0.05) is 34.6 Å². The van der Waals surface area contributed by atoms with Crippen molar-refractivity contribution in [2.45, 2.75) is 57.1 Å². The predicted molar refractivity (Wildman–Crippen MR) is 181 cm³/mol. The van der Waals surface area contributed by atoms with Gasteiger partial charge in [-0.3, -0.25) is 13.9 Å². The molecular formula is C35H37Cl2N3O4S. The van der Waals surface area contributed by atoms with Gasteiger partial charge >= 0.3 is 0 Å². The summed E-state index contributed by atoms with van der Waals surface area (Å²) in [6, 6.07) is 28.1. The molecule has 2 atom stereocenters. The second-order valence-corrected chi connectivity index (χ2v) is 13.6. The molecule has 0 saturated carbocycles. The number of nitrogens with one attached hydrogen (secondary N) is 1. The maximum atomic E-state index is 14.6. The Balaban J connectivity index is 1.84. The summed E-state index contributed by atoms with van der Waals surface area (Å²) >= 11 is 13.1. The maximum Gasteiger partial charge on any atom is 0.264 e. The quantitative estimate of drug-likeness (QED) is 0.166. The number of hydrogen-bond acceptors (Lipinski definition) is 4. The van der Waals surface area contributed by atoms with Crippen LogP contribution in [0.15, 0.2) is 108 Å². The monoisotopic (exact) mass is 665 g/mol. The summed E-state index contributed by atoms with van der Waals surface area (Å²) in [4.78, 5) is 29.9. The van der Waals surface area contributed by atoms with Crippen molar-refractivity contribution >= 4 is 50.7 Å². The van der Waals surface area contributed by atoms with E-state index in [9.17, 15) is 18.0 Å². The van der Waals surface area contributed by atoms with Crippen molar-refractivity contribution in [3.05, 3.63) is 130 Å². The minimum atomic E-state index is -4.18. The Morgan fingerprint density at radius 3 is 2.04 bits per heavy atom. The van der Waals surface area contributed by atoms with Gasteiger partial charge in [0.1, 0.15) is 12.6 Å². The van der Waals surface area contributed by atoms with Crippen molar-refractivity contribution in [3.63, 3.8) is 0 Å². The van der Waals surface area contributed by atoms with Crippen LogP contribution in [0.2, 0.25) is 10.0 Å². The van der Waals surface area contributed by atoms with E-state index in [1.807, 2.05) is 57.2 Å². The van der Waals surface area contributed by atoms with Crippen LogP contribution in [0, 0.1) is 6.92 Å². The molecule has 0 unspecified atom stereocenters. The van der Waals surface area contributed by atoms with Crippen LogP contribution in [0.1, 0.15) is 37.0 Å². The van der Waals surface area contributed by atoms with Crippen LogP contribution in [0.5, 0.6) is 0 Å². The number of aryl methyl sites for hydroxylation is 1. The Hall–Kier alpha value is -3.85. The molecule has 0 fully saturated rings. The zero-order valence-corrected chi connectivity index (χ0v) is 27.8. The molecule has 4 aromatic rings. The average Bonchev–Trinajstić information content (AvgIpc) is 3.03. The summed E-state index contributed by atoms with van der Waals surface area (Å²) < 4.78 is 29.3. The Kier molecular flexibility index (Phi) is 11.7. The van der Waals surface area contributed by atoms with Crippen LogP contribution in [0.3, 0.4) is 0 Å². The summed E-state index contributed by atoms with van der Waals surface area (Å²) in [5.41, 5.74) is 2.43. The molecule has 0 aliphatic rings. The van der Waals surface area contributed by atoms with E-state index in [2.05, 4.69) is 5.32 Å². The van der Waals surface area contributed by atoms with Crippen molar-refractivity contribution in [3.8, 4) is 0 Å². The lowest BCUT2D eigenvalue weighted by molar-refractivity contribution is -0.140. The third-order valence-corrected chi connectivity index (χ3v) is 10.1. The topological polar surface area (TPSA) is 86.8 Å². The van der Waals surface area contributed by atoms with E-state index in [1.165, 1.54) is 17.0 Å². The van der Waals surface area contributed by atoms with Gasteiger partial charge in [0.15, 0.2) is 0 Å². The normalized spacial score (nSPS) is 12.6. The van der Waals surface area contributed by atoms with Gasteiger partial charge in [0.25, 0.3) is 10.0 Å². The fourth-order valence-electron chi connectivity index (χ4n) is 4.88. The van der Waals surface area contributed by atoms with E-state index in [0.717, 1.165) is 15.4 Å². The number of amides is 2. The molecule has 0 aromatic heterocycles. The fourth-order valence-corrected chi connectivity index (χ4v) is 6.82. The summed E-state index contributed by atoms with van der Waals surface area (Å²) in [5, 5.41) is 3.67. The van der Waals surface area contributed by atoms with Crippen molar-refractivity contribution in [1.29, 1.82) is 0 Å². The van der Waals surface area contributed by atoms with Crippen molar-refractivity contribution in [2.75, 3.05) is 10.8 Å². The summed E-state index contributed by atoms with van der Waals surface area (Å²) in [6.07, 6.45) is 0.872. The zero-order valence-electron chi connectivity index (χ0n) is 25.5. The number of hydrogen-bond donors (Lipinski definition) is 1. The number of halogens is 2. The number of carbonyl (C=O) groups excluding carboxylic acids is 2. The molecule has 0 saturated heterocycles. The Morgan fingerprint density at radius 2 is 1.44 bits per heavy atom. The van der Waals surface area contributed by atoms with E-state index in [-0.39, 0.29) is 29.8 Å². The third-order valence-electron chi connectivity index (χ3n) is 7.56. The van der Waals surface area contributed by atoms with Gasteiger partial charge in [-0.25, -0.2) is 8.42 Å². The van der Waals surface area contributed by atoms with Crippen LogP contribution in [-0.4, -0.2) is 43.8 Å². The molecule has 10 heteroatoms. The van der Waals surface area contributed by atoms with Gasteiger partial charge in [0.2, 0.25) is 11.8 Å². The van der Waals surface area contributed by atoms with Crippen molar-refractivity contribution < 1.29 is 18.0 Å². The third kappa shape index (κ3) is 8.66. The van der Waals surface area contributed by atoms with E-state index in [0.29, 0.717) is 27.7 Å². The maximum absolute atomic E-state index is 14.6. The highest BCUT2D eigenvalue weighted by Crippen LogP contribution is 2.29. The molecule has 0 heterocycles. The number of nitrogens with zero attached hydrogens (tertiary/aromatic N) is 2. The Morgan fingerprint density at radius 1 is 0.844 bits per heavy atom. The molecule has 0 aliphatic carbocycles. The predicted octanol–water partition coefficient (Wildman–Crippen LogP) is 7.05. The first kappa shape index (κ1) is 34.0. The van der Waals surface area contributed by atoms with Crippen LogP contribution >= 0.6 is 23.2 Å². The highest BCUT2D eigenvalue weighted by atomic mass is 35.5. The summed E-state index contributed by atoms with van der Waals surface area (Å²) in [6.45, 7) is 5.01. The van der Waals surface area contributed by atoms with Gasteiger partial charge in [-0.2, -0.15) is 0 Å². The molecule has 2 amide bonds. The number of rotatable bonds is 13. The lowest BCUT2D eigenvalue weighted by Gasteiger charge is -2.34. The van der Waals surface area contributed by atoms with Crippen molar-refractivity contribution in [1.82, 2.24) is 10.2 Å². The minimum absolute atomic E-state index is 0.0374. The summed E-state index contributed by atoms with van der Waals surface area (Å²) in [7, 11) is -4.18. The number of sulfonamides is 1. The van der Waals surface area contributed by atoms with Gasteiger partial charge in [-0.05, 0) is 67.8 Å². The number of carbonyl (C=O) groups is 2. The molecule has 45 heavy (non-hydrogen) atoms. The highest BCUT2D eigenvalue weighted by molar-refractivity contribution is 7.92. The molecule has 4 aromatic carbocycles. The van der Waals surface area contributed by atoms with Crippen LogP contribution in [-0.2, 0) is 32.6 Å². The minimum Gasteiger partial charge on any atom is -0.352 e. The molecule has 7 nitrogen and oxygen atoms in total. The molecule has 0 radical (unpaired) electrons. The van der Waals surface area contributed by atoms with E-state index in [1.54, 1.807) is 54.6 Å². The zero-order chi connectivity index (χ0) is 32.6. The highest BCUT2D eigenvalue weighted by Gasteiger charge is 2.35. The fraction of sp³-hybridized carbons (Fsp3) is 0.257. The molecule has 4 rings (SSSR count). The lowest BCUT2D eigenvalue weighted by Crippen LogP contribution is -2.54. The molecule has 0 spiro atoms. The van der Waals surface area contributed by atoms with Gasteiger partial charge in [0.05, 0.1) is 10.6 Å². The van der Waals surface area contributed by atoms with Gasteiger partial charge in [-0.15, -0.1) is 0 Å². The van der Waals surface area contributed by atoms with Crippen molar-refractivity contribution in [2.24, 2.45) is 0 Å². The van der Waals surface area contributed by atoms with Gasteiger partial charge < -0.3 is 10.2 Å². The van der Waals surface area contributed by atoms with Crippen LogP contribution in [0.4, 0.5) is 5.69 Å². The second-order valence-electron chi connectivity index (χ2n) is 10.9. The molecular weight excluding hydrogens is 629 g/mol. The van der Waals surface area contributed by atoms with Crippen LogP contribution < -0.4 is 9.62 Å². The van der Waals surface area contributed by atoms with Crippen LogP contribution in [0.25, 0.3) is 0 Å². The first-order valence-electron chi connectivity index (χ1n) is 14.7. The van der Waals surface area contributed by atoms with Gasteiger partial charge in [-0.1, -0.05) is 96.9 Å². The first-order chi connectivity index (χ1) is 21.5. The standard InChI is InChI=1S/C35H37Cl2N3O4S/c1-4-26(3)38-35(42)33(22-27-14-7-5-8-15-27)39(23-30-31(36)19-12-20-32(30)37)34(41)24-40(28-16-11-13-25(2)21-28)45(43,44)29-17-9-6-10-18-29/h5-21,26,33H,4,22-24H2,1-3H3,(H,38,42)/t26-,33-/m1/s1. The van der Waals surface area contributed by atoms with E-state index >= 15 is 0 Å². The smallest absolute Gasteiger partial charge is 0.264 e. The SMILES string of the molecule is CC[C@@H](C)NC(=O)[C@@H](Cc1ccccc1)N(Cc1c(Cl)cccc1Cl)C(=O)CN(c1cccc(C)c1)S(=O)(=O)c1ccccc1. The first-order valence-corrected chi connectivity index (χ1v) is 16.9. The van der Waals surface area contributed by atoms with E-state index in [4.69, 9.17) is 23.2 Å². The lowest BCUT2D eigenvalue weighted by atomic mass is 10.0. The Bertz CT molecular complexity index is 1700. The molecule has 0 bridgehead atoms. The second kappa shape index (κ2) is 15.4. The molecule has 236 valence electrons. The molecule has 0 aliphatic heterocycles. The number of anilines is 1. The Labute approximate surface area is 275 Å². The molecule has 1 N–H and O–H groups in total. The largest absolute Gasteiger partial charge is 0.352 e. The summed E-state index contributed by atoms with van der Waals surface area (Å²) in [5.74, 6) is -0.954.